The lowest BCUT2D eigenvalue weighted by Crippen LogP contribution is -2.36. The van der Waals surface area contributed by atoms with Crippen molar-refractivity contribution in [3.8, 4) is 5.75 Å². The lowest BCUT2D eigenvalue weighted by molar-refractivity contribution is 0.0980. The fraction of sp³-hybridized carbons (Fsp3) is 0.278. The average molecular weight is 317 g/mol. The highest BCUT2D eigenvalue weighted by atomic mass is 19.1. The zero-order valence-electron chi connectivity index (χ0n) is 12.8. The number of hydrogen-bond acceptors (Lipinski definition) is 2. The summed E-state index contributed by atoms with van der Waals surface area (Å²) in [4.78, 5) is 14.4. The Morgan fingerprint density at radius 1 is 1.26 bits per heavy atom. The maximum atomic E-state index is 14.0. The van der Waals surface area contributed by atoms with Crippen molar-refractivity contribution in [2.24, 2.45) is 0 Å². The highest BCUT2D eigenvalue weighted by Gasteiger charge is 2.27. The molecule has 3 nitrogen and oxygen atoms in total. The smallest absolute Gasteiger partial charge is 0.262 e. The van der Waals surface area contributed by atoms with Crippen molar-refractivity contribution < 1.29 is 18.3 Å². The number of halogens is 2. The number of aryl methyl sites for hydroxylation is 1. The minimum atomic E-state index is -0.575. The molecule has 0 N–H and O–H groups in total. The van der Waals surface area contributed by atoms with E-state index in [0.29, 0.717) is 12.2 Å². The molecule has 2 aromatic rings. The number of ether oxygens (including phenoxy) is 1. The lowest BCUT2D eigenvalue weighted by atomic mass is 10.0. The maximum absolute atomic E-state index is 14.0. The standard InChI is InChI=1S/C18H17F2NO2/c1-2-23-17-14(6-3-7-15(17)20)18(22)21-10-4-5-12-8-9-13(19)11-16(12)21/h3,6-9,11H,2,4-5,10H2,1H3. The van der Waals surface area contributed by atoms with Crippen LogP contribution in [0.2, 0.25) is 0 Å². The zero-order chi connectivity index (χ0) is 16.4. The zero-order valence-corrected chi connectivity index (χ0v) is 12.8. The Labute approximate surface area is 133 Å². The Hall–Kier alpha value is -2.43. The molecule has 0 aromatic heterocycles. The number of anilines is 1. The van der Waals surface area contributed by atoms with Gasteiger partial charge in [0.15, 0.2) is 11.6 Å². The van der Waals surface area contributed by atoms with Crippen molar-refractivity contribution in [3.05, 3.63) is 59.2 Å². The Morgan fingerprint density at radius 2 is 2.09 bits per heavy atom. The molecule has 0 fully saturated rings. The molecule has 0 unspecified atom stereocenters. The van der Waals surface area contributed by atoms with Gasteiger partial charge in [0.1, 0.15) is 5.82 Å². The second kappa shape index (κ2) is 6.36. The van der Waals surface area contributed by atoms with E-state index in [-0.39, 0.29) is 23.8 Å². The van der Waals surface area contributed by atoms with Crippen LogP contribution in [-0.4, -0.2) is 19.1 Å². The lowest BCUT2D eigenvalue weighted by Gasteiger charge is -2.30. The summed E-state index contributed by atoms with van der Waals surface area (Å²) in [6.45, 7) is 2.45. The molecule has 0 atom stereocenters. The van der Waals surface area contributed by atoms with Crippen LogP contribution in [0.5, 0.6) is 5.75 Å². The van der Waals surface area contributed by atoms with Crippen LogP contribution >= 0.6 is 0 Å². The number of hydrogen-bond donors (Lipinski definition) is 0. The summed E-state index contributed by atoms with van der Waals surface area (Å²) in [6.07, 6.45) is 1.57. The molecule has 1 aliphatic heterocycles. The van der Waals surface area contributed by atoms with E-state index in [1.54, 1.807) is 13.0 Å². The highest BCUT2D eigenvalue weighted by Crippen LogP contribution is 2.32. The number of amides is 1. The third-order valence-electron chi connectivity index (χ3n) is 3.90. The van der Waals surface area contributed by atoms with Gasteiger partial charge in [-0.15, -0.1) is 0 Å². The van der Waals surface area contributed by atoms with Gasteiger partial charge in [0, 0.05) is 6.54 Å². The molecule has 0 radical (unpaired) electrons. The number of carbonyl (C=O) groups excluding carboxylic acids is 1. The molecule has 2 aromatic carbocycles. The summed E-state index contributed by atoms with van der Waals surface area (Å²) in [5, 5.41) is 0. The molecule has 1 heterocycles. The quantitative estimate of drug-likeness (QED) is 0.857. The van der Waals surface area contributed by atoms with Crippen molar-refractivity contribution in [2.75, 3.05) is 18.1 Å². The molecule has 120 valence electrons. The minimum absolute atomic E-state index is 0.0523. The van der Waals surface area contributed by atoms with Crippen molar-refractivity contribution in [2.45, 2.75) is 19.8 Å². The first-order valence-electron chi connectivity index (χ1n) is 7.63. The van der Waals surface area contributed by atoms with E-state index in [9.17, 15) is 13.6 Å². The minimum Gasteiger partial charge on any atom is -0.490 e. The maximum Gasteiger partial charge on any atom is 0.262 e. The summed E-state index contributed by atoms with van der Waals surface area (Å²) in [5.41, 5.74) is 1.62. The summed E-state index contributed by atoms with van der Waals surface area (Å²) < 4.78 is 32.8. The van der Waals surface area contributed by atoms with Crippen molar-refractivity contribution in [1.29, 1.82) is 0 Å². The first-order chi connectivity index (χ1) is 11.1. The molecule has 23 heavy (non-hydrogen) atoms. The normalized spacial score (nSPS) is 13.6. The van der Waals surface area contributed by atoms with Crippen molar-refractivity contribution >= 4 is 11.6 Å². The van der Waals surface area contributed by atoms with Gasteiger partial charge in [0.05, 0.1) is 17.9 Å². The molecule has 0 saturated heterocycles. The van der Waals surface area contributed by atoms with Gasteiger partial charge < -0.3 is 9.64 Å². The SMILES string of the molecule is CCOc1c(F)cccc1C(=O)N1CCCc2ccc(F)cc21. The Kier molecular flexibility index (Phi) is 4.28. The van der Waals surface area contributed by atoms with Crippen LogP contribution in [0.1, 0.15) is 29.3 Å². The van der Waals surface area contributed by atoms with E-state index in [2.05, 4.69) is 0 Å². The van der Waals surface area contributed by atoms with Crippen LogP contribution in [0.15, 0.2) is 36.4 Å². The molecule has 0 aliphatic carbocycles. The first-order valence-corrected chi connectivity index (χ1v) is 7.63. The van der Waals surface area contributed by atoms with Gasteiger partial charge in [0.25, 0.3) is 5.91 Å². The van der Waals surface area contributed by atoms with Crippen LogP contribution in [0.3, 0.4) is 0 Å². The average Bonchev–Trinajstić information content (AvgIpc) is 2.55. The van der Waals surface area contributed by atoms with Gasteiger partial charge in [0.2, 0.25) is 0 Å². The summed E-state index contributed by atoms with van der Waals surface area (Å²) >= 11 is 0. The Bertz CT molecular complexity index is 746. The topological polar surface area (TPSA) is 29.5 Å². The van der Waals surface area contributed by atoms with E-state index in [4.69, 9.17) is 4.74 Å². The van der Waals surface area contributed by atoms with Crippen LogP contribution in [-0.2, 0) is 6.42 Å². The third-order valence-corrected chi connectivity index (χ3v) is 3.90. The predicted octanol–water partition coefficient (Wildman–Crippen LogP) is 3.96. The molecule has 1 aliphatic rings. The van der Waals surface area contributed by atoms with E-state index < -0.39 is 11.6 Å². The van der Waals surface area contributed by atoms with E-state index in [1.807, 2.05) is 0 Å². The number of carbonyl (C=O) groups is 1. The van der Waals surface area contributed by atoms with E-state index in [0.717, 1.165) is 18.4 Å². The van der Waals surface area contributed by atoms with E-state index in [1.165, 1.54) is 35.2 Å². The van der Waals surface area contributed by atoms with Gasteiger partial charge in [-0.05, 0) is 49.6 Å². The van der Waals surface area contributed by atoms with Crippen LogP contribution in [0.4, 0.5) is 14.5 Å². The molecule has 3 rings (SSSR count). The fourth-order valence-corrected chi connectivity index (χ4v) is 2.87. The molecular weight excluding hydrogens is 300 g/mol. The second-order valence-electron chi connectivity index (χ2n) is 5.38. The summed E-state index contributed by atoms with van der Waals surface area (Å²) in [6, 6.07) is 8.70. The monoisotopic (exact) mass is 317 g/mol. The van der Waals surface area contributed by atoms with Crippen molar-refractivity contribution in [1.82, 2.24) is 0 Å². The number of benzene rings is 2. The summed E-state index contributed by atoms with van der Waals surface area (Å²) in [7, 11) is 0. The van der Waals surface area contributed by atoms with Gasteiger partial charge in [-0.3, -0.25) is 4.79 Å². The van der Waals surface area contributed by atoms with Crippen LogP contribution in [0, 0.1) is 11.6 Å². The van der Waals surface area contributed by atoms with Crippen LogP contribution in [0.25, 0.3) is 0 Å². The Balaban J connectivity index is 2.03. The molecule has 0 spiro atoms. The third kappa shape index (κ3) is 2.91. The largest absolute Gasteiger partial charge is 0.490 e. The molecule has 0 bridgehead atoms. The van der Waals surface area contributed by atoms with E-state index >= 15 is 0 Å². The number of nitrogens with zero attached hydrogens (tertiary/aromatic N) is 1. The molecule has 0 saturated carbocycles. The number of rotatable bonds is 3. The predicted molar refractivity (Wildman–Crippen MR) is 84.0 cm³/mol. The first kappa shape index (κ1) is 15.5. The van der Waals surface area contributed by atoms with Crippen molar-refractivity contribution in [3.63, 3.8) is 0 Å². The number of para-hydroxylation sites is 1. The Morgan fingerprint density at radius 3 is 2.87 bits per heavy atom. The second-order valence-corrected chi connectivity index (χ2v) is 5.38. The van der Waals surface area contributed by atoms with Gasteiger partial charge in [-0.2, -0.15) is 0 Å². The molecule has 1 amide bonds. The van der Waals surface area contributed by atoms with Gasteiger partial charge in [-0.25, -0.2) is 8.78 Å². The fourth-order valence-electron chi connectivity index (χ4n) is 2.87. The number of fused-ring (bicyclic) bond motifs is 1. The molecule has 5 heteroatoms. The van der Waals surface area contributed by atoms with Crippen LogP contribution < -0.4 is 9.64 Å². The summed E-state index contributed by atoms with van der Waals surface area (Å²) in [5.74, 6) is -1.40. The molecular formula is C18H17F2NO2. The highest BCUT2D eigenvalue weighted by molar-refractivity contribution is 6.08. The van der Waals surface area contributed by atoms with Gasteiger partial charge in [-0.1, -0.05) is 12.1 Å². The van der Waals surface area contributed by atoms with Gasteiger partial charge >= 0.3 is 0 Å².